The average molecular weight is 506 g/mol. The first-order chi connectivity index (χ1) is 17.3. The van der Waals surface area contributed by atoms with Gasteiger partial charge in [0, 0.05) is 25.2 Å². The number of urea groups is 1. The lowest BCUT2D eigenvalue weighted by molar-refractivity contribution is -0.128. The predicted octanol–water partition coefficient (Wildman–Crippen LogP) is 3.22. The second-order valence-electron chi connectivity index (χ2n) is 9.45. The van der Waals surface area contributed by atoms with Crippen LogP contribution in [0.4, 0.5) is 4.79 Å². The molecule has 0 aromatic heterocycles. The maximum Gasteiger partial charge on any atom is 0.315 e. The number of carbonyl (C=O) groups excluding carboxylic acids is 4. The summed E-state index contributed by atoms with van der Waals surface area (Å²) in [4.78, 5) is 49.0. The first-order valence-electron chi connectivity index (χ1n) is 13.6. The lowest BCUT2D eigenvalue weighted by Crippen LogP contribution is -2.54. The van der Waals surface area contributed by atoms with Crippen LogP contribution in [0.15, 0.2) is 24.3 Å². The average Bonchev–Trinajstić information content (AvgIpc) is 2.84. The summed E-state index contributed by atoms with van der Waals surface area (Å²) in [5.74, 6) is -1.07. The molecule has 0 aromatic rings. The van der Waals surface area contributed by atoms with Crippen LogP contribution in [-0.4, -0.2) is 55.0 Å². The van der Waals surface area contributed by atoms with Crippen LogP contribution in [0.3, 0.4) is 0 Å². The van der Waals surface area contributed by atoms with Crippen LogP contribution < -0.4 is 26.6 Å². The summed E-state index contributed by atoms with van der Waals surface area (Å²) in [6.07, 6.45) is 19.1. The zero-order valence-corrected chi connectivity index (χ0v) is 22.4. The molecule has 5 N–H and O–H groups in total. The minimum Gasteiger partial charge on any atom is -0.352 e. The van der Waals surface area contributed by atoms with E-state index in [-0.39, 0.29) is 11.9 Å². The fraction of sp³-hybridized carbons (Fsp3) is 0.704. The van der Waals surface area contributed by atoms with Crippen molar-refractivity contribution in [2.24, 2.45) is 0 Å². The molecule has 9 heteroatoms. The van der Waals surface area contributed by atoms with Gasteiger partial charge in [-0.2, -0.15) is 0 Å². The molecule has 0 saturated heterocycles. The number of amides is 5. The van der Waals surface area contributed by atoms with E-state index < -0.39 is 29.9 Å². The van der Waals surface area contributed by atoms with Gasteiger partial charge in [0.25, 0.3) is 0 Å². The molecule has 1 heterocycles. The molecule has 36 heavy (non-hydrogen) atoms. The predicted molar refractivity (Wildman–Crippen MR) is 143 cm³/mol. The highest BCUT2D eigenvalue weighted by molar-refractivity contribution is 5.93. The summed E-state index contributed by atoms with van der Waals surface area (Å²) in [7, 11) is 0. The van der Waals surface area contributed by atoms with E-state index in [1.165, 1.54) is 57.4 Å². The summed E-state index contributed by atoms with van der Waals surface area (Å²) in [5.41, 5.74) is 0. The van der Waals surface area contributed by atoms with E-state index in [2.05, 4.69) is 33.5 Å². The highest BCUT2D eigenvalue weighted by Crippen LogP contribution is 2.10. The van der Waals surface area contributed by atoms with Crippen molar-refractivity contribution in [1.29, 1.82) is 0 Å². The number of unbranched alkanes of at least 4 members (excludes halogenated alkanes) is 9. The highest BCUT2D eigenvalue weighted by Gasteiger charge is 2.23. The van der Waals surface area contributed by atoms with Crippen molar-refractivity contribution in [2.75, 3.05) is 13.1 Å². The molecular formula is C27H47N5O4. The van der Waals surface area contributed by atoms with Crippen molar-refractivity contribution in [3.8, 4) is 0 Å². The molecule has 0 radical (unpaired) electrons. The molecule has 1 unspecified atom stereocenters. The van der Waals surface area contributed by atoms with Crippen LogP contribution in [0, 0.1) is 0 Å². The van der Waals surface area contributed by atoms with Gasteiger partial charge in [-0.25, -0.2) is 4.79 Å². The van der Waals surface area contributed by atoms with Gasteiger partial charge in [0.1, 0.15) is 12.1 Å². The van der Waals surface area contributed by atoms with E-state index in [9.17, 15) is 19.2 Å². The Balaban J connectivity index is 2.32. The summed E-state index contributed by atoms with van der Waals surface area (Å²) in [6.45, 7) is 6.53. The van der Waals surface area contributed by atoms with Gasteiger partial charge in [-0.05, 0) is 26.7 Å². The second-order valence-corrected chi connectivity index (χ2v) is 9.45. The Bertz CT molecular complexity index is 738. The molecule has 5 amide bonds. The molecule has 0 bridgehead atoms. The summed E-state index contributed by atoms with van der Waals surface area (Å²) in [5, 5.41) is 13.6. The van der Waals surface area contributed by atoms with E-state index in [1.807, 2.05) is 0 Å². The quantitative estimate of drug-likeness (QED) is 0.183. The van der Waals surface area contributed by atoms with Crippen LogP contribution in [0.5, 0.6) is 0 Å². The van der Waals surface area contributed by atoms with Crippen molar-refractivity contribution >= 4 is 23.8 Å². The van der Waals surface area contributed by atoms with Gasteiger partial charge in [0.15, 0.2) is 0 Å². The second kappa shape index (κ2) is 19.4. The largest absolute Gasteiger partial charge is 0.352 e. The standard InChI is InChI=1S/C27H47N5O4/c1-4-5-6-7-8-9-10-11-12-14-20-29-27(36)31-22(3)25(34)32-23-16-13-15-19-28-24(33)18-17-21(2)30-26(23)35/h13,16-18,21-23H,4-12,14-15,19-20H2,1-3H3,(H,28,33)(H,30,35)(H,32,34)(H2,29,31,36)/b16-13+,18-17+/t21-,22?,23-/m0/s1. The number of nitrogens with one attached hydrogen (secondary N) is 5. The number of rotatable bonds is 14. The fourth-order valence-corrected chi connectivity index (χ4v) is 3.77. The smallest absolute Gasteiger partial charge is 0.315 e. The first kappa shape index (κ1) is 31.2. The Labute approximate surface area is 216 Å². The summed E-state index contributed by atoms with van der Waals surface area (Å²) < 4.78 is 0. The molecule has 0 aromatic carbocycles. The van der Waals surface area contributed by atoms with Crippen LogP contribution >= 0.6 is 0 Å². The molecule has 0 fully saturated rings. The van der Waals surface area contributed by atoms with E-state index in [4.69, 9.17) is 0 Å². The molecule has 1 aliphatic heterocycles. The fourth-order valence-electron chi connectivity index (χ4n) is 3.77. The third-order valence-corrected chi connectivity index (χ3v) is 5.98. The molecule has 0 aliphatic carbocycles. The molecule has 204 valence electrons. The van der Waals surface area contributed by atoms with Gasteiger partial charge in [-0.3, -0.25) is 14.4 Å². The molecule has 0 saturated carbocycles. The monoisotopic (exact) mass is 505 g/mol. The third kappa shape index (κ3) is 15.2. The van der Waals surface area contributed by atoms with Crippen LogP contribution in [0.2, 0.25) is 0 Å². The van der Waals surface area contributed by atoms with Gasteiger partial charge in [0.05, 0.1) is 0 Å². The Morgan fingerprint density at radius 3 is 2.31 bits per heavy atom. The van der Waals surface area contributed by atoms with E-state index in [1.54, 1.807) is 32.1 Å². The van der Waals surface area contributed by atoms with Gasteiger partial charge in [-0.1, -0.05) is 82.9 Å². The maximum atomic E-state index is 12.6. The van der Waals surface area contributed by atoms with E-state index in [0.717, 1.165) is 12.8 Å². The molecule has 1 aliphatic rings. The lowest BCUT2D eigenvalue weighted by atomic mass is 10.1. The van der Waals surface area contributed by atoms with E-state index in [0.29, 0.717) is 19.5 Å². The number of hydrogen-bond donors (Lipinski definition) is 5. The summed E-state index contributed by atoms with van der Waals surface area (Å²) in [6, 6.07) is -2.48. The number of carbonyl (C=O) groups is 4. The molecular weight excluding hydrogens is 458 g/mol. The minimum atomic E-state index is -0.887. The zero-order chi connectivity index (χ0) is 26.6. The lowest BCUT2D eigenvalue weighted by Gasteiger charge is -2.21. The van der Waals surface area contributed by atoms with Crippen molar-refractivity contribution < 1.29 is 19.2 Å². The Morgan fingerprint density at radius 1 is 1.00 bits per heavy atom. The summed E-state index contributed by atoms with van der Waals surface area (Å²) >= 11 is 0. The molecule has 1 rings (SSSR count). The maximum absolute atomic E-state index is 12.6. The molecule has 9 nitrogen and oxygen atoms in total. The Kier molecular flexibility index (Phi) is 16.8. The van der Waals surface area contributed by atoms with Crippen LogP contribution in [0.25, 0.3) is 0 Å². The zero-order valence-electron chi connectivity index (χ0n) is 22.4. The Hall–Kier alpha value is -2.84. The van der Waals surface area contributed by atoms with Gasteiger partial charge in [-0.15, -0.1) is 0 Å². The van der Waals surface area contributed by atoms with Gasteiger partial charge >= 0.3 is 6.03 Å². The van der Waals surface area contributed by atoms with Gasteiger partial charge < -0.3 is 26.6 Å². The normalized spacial score (nSPS) is 21.1. The van der Waals surface area contributed by atoms with Crippen molar-refractivity contribution in [2.45, 2.75) is 110 Å². The van der Waals surface area contributed by atoms with Crippen molar-refractivity contribution in [3.63, 3.8) is 0 Å². The topological polar surface area (TPSA) is 128 Å². The SMILES string of the molecule is CCCCCCCCCCCCNC(=O)NC(C)C(=O)N[C@H]1/C=C/CCNC(=O)/C=C/[C@H](C)NC1=O. The van der Waals surface area contributed by atoms with Crippen LogP contribution in [0.1, 0.15) is 91.4 Å². The molecule has 0 spiro atoms. The molecule has 3 atom stereocenters. The third-order valence-electron chi connectivity index (χ3n) is 5.98. The van der Waals surface area contributed by atoms with Gasteiger partial charge in [0.2, 0.25) is 17.7 Å². The van der Waals surface area contributed by atoms with E-state index >= 15 is 0 Å². The highest BCUT2D eigenvalue weighted by atomic mass is 16.2. The minimum absolute atomic E-state index is 0.221. The Morgan fingerprint density at radius 2 is 1.64 bits per heavy atom. The number of hydrogen-bond acceptors (Lipinski definition) is 4. The first-order valence-corrected chi connectivity index (χ1v) is 13.6. The van der Waals surface area contributed by atoms with Crippen LogP contribution in [-0.2, 0) is 14.4 Å². The van der Waals surface area contributed by atoms with Crippen molar-refractivity contribution in [1.82, 2.24) is 26.6 Å². The van der Waals surface area contributed by atoms with Crippen molar-refractivity contribution in [3.05, 3.63) is 24.3 Å².